The van der Waals surface area contributed by atoms with Gasteiger partial charge in [0.1, 0.15) is 23.8 Å². The average molecular weight is 552 g/mol. The molecule has 2 unspecified atom stereocenters. The van der Waals surface area contributed by atoms with E-state index in [0.717, 1.165) is 31.2 Å². The monoisotopic (exact) mass is 551 g/mol. The molecule has 3 saturated heterocycles. The number of piperazine rings is 1. The van der Waals surface area contributed by atoms with Gasteiger partial charge in [-0.15, -0.1) is 0 Å². The van der Waals surface area contributed by atoms with Crippen molar-refractivity contribution in [1.29, 1.82) is 0 Å². The first kappa shape index (κ1) is 28.0. The second kappa shape index (κ2) is 12.3. The maximum atomic E-state index is 14.1. The summed E-state index contributed by atoms with van der Waals surface area (Å²) in [5, 5.41) is 7.47. The van der Waals surface area contributed by atoms with Gasteiger partial charge in [0, 0.05) is 37.3 Å². The fourth-order valence-corrected chi connectivity index (χ4v) is 6.02. The Kier molecular flexibility index (Phi) is 8.60. The Balaban J connectivity index is 1.38. The van der Waals surface area contributed by atoms with Crippen LogP contribution in [0.5, 0.6) is 0 Å². The minimum absolute atomic E-state index is 0.00864. The third-order valence-corrected chi connectivity index (χ3v) is 8.03. The molecule has 1 aromatic heterocycles. The largest absolute Gasteiger partial charge is 0.433 e. The highest BCUT2D eigenvalue weighted by atomic mass is 16.7. The maximum Gasteiger partial charge on any atom is 0.310 e. The number of likely N-dealkylation sites (N-methyl/N-ethyl adjacent to an activating group) is 1. The molecule has 2 N–H and O–H groups in total. The maximum absolute atomic E-state index is 14.1. The molecule has 0 aliphatic carbocycles. The lowest BCUT2D eigenvalue weighted by Crippen LogP contribution is -2.68. The molecule has 5 rings (SSSR count). The number of pyridine rings is 1. The van der Waals surface area contributed by atoms with Gasteiger partial charge < -0.3 is 25.0 Å². The molecular formula is C29H37N5O6. The Bertz CT molecular complexity index is 1270. The SMILES string of the molecule is CCOC1OC(=O)CC1NC(=O)[C@@H]1CN(CC)C[C@@H]2CCCC[C@H](NC(=O)c3nccc4ccccc34)C(=O)N21. The fraction of sp³-hybridized carbons (Fsp3) is 0.552. The van der Waals surface area contributed by atoms with Gasteiger partial charge in [0.2, 0.25) is 18.1 Å². The molecule has 3 aliphatic heterocycles. The normalized spacial score (nSPS) is 27.4. The van der Waals surface area contributed by atoms with Gasteiger partial charge in [-0.25, -0.2) is 0 Å². The van der Waals surface area contributed by atoms with Gasteiger partial charge in [0.15, 0.2) is 0 Å². The lowest BCUT2D eigenvalue weighted by atomic mass is 9.93. The summed E-state index contributed by atoms with van der Waals surface area (Å²) < 4.78 is 10.7. The lowest BCUT2D eigenvalue weighted by Gasteiger charge is -2.48. The summed E-state index contributed by atoms with van der Waals surface area (Å²) in [5.41, 5.74) is 0.266. The van der Waals surface area contributed by atoms with E-state index in [1.54, 1.807) is 18.0 Å². The molecule has 0 bridgehead atoms. The lowest BCUT2D eigenvalue weighted by molar-refractivity contribution is -0.165. The van der Waals surface area contributed by atoms with Crippen LogP contribution in [0.1, 0.15) is 56.4 Å². The van der Waals surface area contributed by atoms with Gasteiger partial charge in [0.05, 0.1) is 6.42 Å². The Morgan fingerprint density at radius 2 is 1.88 bits per heavy atom. The zero-order valence-electron chi connectivity index (χ0n) is 23.0. The number of carbonyl (C=O) groups excluding carboxylic acids is 4. The first-order valence-electron chi connectivity index (χ1n) is 14.2. The van der Waals surface area contributed by atoms with Gasteiger partial charge in [-0.2, -0.15) is 0 Å². The number of nitrogens with zero attached hydrogens (tertiary/aromatic N) is 3. The summed E-state index contributed by atoms with van der Waals surface area (Å²) in [4.78, 5) is 61.3. The van der Waals surface area contributed by atoms with Crippen molar-refractivity contribution in [1.82, 2.24) is 25.4 Å². The van der Waals surface area contributed by atoms with Gasteiger partial charge >= 0.3 is 5.97 Å². The number of esters is 1. The Morgan fingerprint density at radius 3 is 2.67 bits per heavy atom. The van der Waals surface area contributed by atoms with Crippen molar-refractivity contribution in [3.8, 4) is 0 Å². The van der Waals surface area contributed by atoms with E-state index in [0.29, 0.717) is 31.5 Å². The van der Waals surface area contributed by atoms with E-state index >= 15 is 0 Å². The number of fused-ring (bicyclic) bond motifs is 2. The number of benzene rings is 1. The zero-order chi connectivity index (χ0) is 28.2. The molecule has 5 atom stereocenters. The van der Waals surface area contributed by atoms with Gasteiger partial charge in [0.25, 0.3) is 5.91 Å². The third-order valence-electron chi connectivity index (χ3n) is 8.03. The van der Waals surface area contributed by atoms with E-state index in [-0.39, 0.29) is 30.0 Å². The molecule has 11 heteroatoms. The predicted molar refractivity (Wildman–Crippen MR) is 146 cm³/mol. The molecule has 3 aliphatic rings. The van der Waals surface area contributed by atoms with Crippen molar-refractivity contribution < 1.29 is 28.7 Å². The molecule has 214 valence electrons. The van der Waals surface area contributed by atoms with Gasteiger partial charge in [-0.3, -0.25) is 29.1 Å². The van der Waals surface area contributed by atoms with Crippen molar-refractivity contribution in [2.24, 2.45) is 0 Å². The van der Waals surface area contributed by atoms with Crippen LogP contribution >= 0.6 is 0 Å². The molecule has 3 amide bonds. The van der Waals surface area contributed by atoms with E-state index in [9.17, 15) is 19.2 Å². The zero-order valence-corrected chi connectivity index (χ0v) is 23.0. The Morgan fingerprint density at radius 1 is 1.07 bits per heavy atom. The number of hydrogen-bond acceptors (Lipinski definition) is 8. The minimum Gasteiger partial charge on any atom is -0.433 e. The van der Waals surface area contributed by atoms with Crippen LogP contribution in [-0.4, -0.2) is 95.2 Å². The highest BCUT2D eigenvalue weighted by molar-refractivity contribution is 6.06. The summed E-state index contributed by atoms with van der Waals surface area (Å²) in [6.07, 6.45) is 3.64. The Labute approximate surface area is 233 Å². The van der Waals surface area contributed by atoms with Crippen LogP contribution in [0, 0.1) is 0 Å². The first-order chi connectivity index (χ1) is 19.4. The number of hydrogen-bond donors (Lipinski definition) is 2. The van der Waals surface area contributed by atoms with Crippen molar-refractivity contribution in [3.05, 3.63) is 42.2 Å². The highest BCUT2D eigenvalue weighted by Gasteiger charge is 2.46. The van der Waals surface area contributed by atoms with Crippen LogP contribution < -0.4 is 10.6 Å². The summed E-state index contributed by atoms with van der Waals surface area (Å²) in [6.45, 7) is 5.90. The number of ether oxygens (including phenoxy) is 2. The number of cyclic esters (lactones) is 1. The molecule has 4 heterocycles. The van der Waals surface area contributed by atoms with Crippen LogP contribution in [-0.2, 0) is 23.9 Å². The summed E-state index contributed by atoms with van der Waals surface area (Å²) in [7, 11) is 0. The summed E-state index contributed by atoms with van der Waals surface area (Å²) in [6, 6.07) is 6.97. The van der Waals surface area contributed by atoms with Crippen LogP contribution in [0.15, 0.2) is 36.5 Å². The van der Waals surface area contributed by atoms with E-state index in [1.165, 1.54) is 0 Å². The molecule has 0 spiro atoms. The molecule has 1 aromatic carbocycles. The van der Waals surface area contributed by atoms with Gasteiger partial charge in [-0.05, 0) is 37.8 Å². The fourth-order valence-electron chi connectivity index (χ4n) is 6.02. The molecule has 0 saturated carbocycles. The van der Waals surface area contributed by atoms with E-state index in [1.807, 2.05) is 37.3 Å². The third kappa shape index (κ3) is 5.80. The predicted octanol–water partition coefficient (Wildman–Crippen LogP) is 1.60. The first-order valence-corrected chi connectivity index (χ1v) is 14.2. The summed E-state index contributed by atoms with van der Waals surface area (Å²) in [5.74, 6) is -1.48. The number of aromatic nitrogens is 1. The molecule has 11 nitrogen and oxygen atoms in total. The standard InChI is InChI=1S/C29H37N5O6/c1-3-33-16-19-10-6-8-12-21(31-27(37)25-20-11-7-5-9-18(20)13-14-30-25)28(38)34(19)23(17-33)26(36)32-22-15-24(35)40-29(22)39-4-2/h5,7,9,11,13-14,19,21-23,29H,3-4,6,8,10,12,15-17H2,1-2H3,(H,31,37)(H,32,36)/t19-,21-,22?,23-,29?/m0/s1. The topological polar surface area (TPSA) is 130 Å². The molecular weight excluding hydrogens is 514 g/mol. The summed E-state index contributed by atoms with van der Waals surface area (Å²) >= 11 is 0. The molecule has 40 heavy (non-hydrogen) atoms. The van der Waals surface area contributed by atoms with E-state index in [4.69, 9.17) is 9.47 Å². The van der Waals surface area contributed by atoms with Crippen LogP contribution in [0.4, 0.5) is 0 Å². The minimum atomic E-state index is -0.855. The molecule has 0 radical (unpaired) electrons. The van der Waals surface area contributed by atoms with Crippen LogP contribution in [0.3, 0.4) is 0 Å². The smallest absolute Gasteiger partial charge is 0.310 e. The van der Waals surface area contributed by atoms with Crippen LogP contribution in [0.2, 0.25) is 0 Å². The van der Waals surface area contributed by atoms with Crippen molar-refractivity contribution in [3.63, 3.8) is 0 Å². The van der Waals surface area contributed by atoms with E-state index in [2.05, 4.69) is 20.5 Å². The quantitative estimate of drug-likeness (QED) is 0.497. The molecule has 3 fully saturated rings. The highest BCUT2D eigenvalue weighted by Crippen LogP contribution is 2.27. The Hall–Kier alpha value is -3.57. The van der Waals surface area contributed by atoms with E-state index < -0.39 is 36.3 Å². The van der Waals surface area contributed by atoms with Crippen LogP contribution in [0.25, 0.3) is 10.8 Å². The number of amides is 3. The van der Waals surface area contributed by atoms with Crippen molar-refractivity contribution >= 4 is 34.5 Å². The number of rotatable bonds is 7. The van der Waals surface area contributed by atoms with Crippen molar-refractivity contribution in [2.75, 3.05) is 26.2 Å². The second-order valence-corrected chi connectivity index (χ2v) is 10.6. The number of nitrogens with one attached hydrogen (secondary N) is 2. The second-order valence-electron chi connectivity index (χ2n) is 10.6. The number of carbonyl (C=O) groups is 4. The van der Waals surface area contributed by atoms with Gasteiger partial charge in [-0.1, -0.05) is 44.0 Å². The van der Waals surface area contributed by atoms with Crippen molar-refractivity contribution in [2.45, 2.75) is 76.4 Å². The molecule has 2 aromatic rings. The average Bonchev–Trinajstić information content (AvgIpc) is 3.30.